The fraction of sp³-hybridized carbons (Fsp3) is 0.556. The summed E-state index contributed by atoms with van der Waals surface area (Å²) in [5, 5.41) is 0. The lowest BCUT2D eigenvalue weighted by Gasteiger charge is -2.38. The monoisotopic (exact) mass is 425 g/mol. The molecule has 0 amide bonds. The lowest BCUT2D eigenvalue weighted by atomic mass is 9.95. The maximum absolute atomic E-state index is 6.32. The Bertz CT molecular complexity index is 745. The fourth-order valence-corrected chi connectivity index (χ4v) is 4.33. The maximum Gasteiger partial charge on any atom is 0.137 e. The van der Waals surface area contributed by atoms with Crippen molar-refractivity contribution in [3.05, 3.63) is 60.0 Å². The predicted octanol–water partition coefficient (Wildman–Crippen LogP) is 6.16. The van der Waals surface area contributed by atoms with Crippen molar-refractivity contribution in [1.29, 1.82) is 0 Å². The third kappa shape index (κ3) is 7.37. The Morgan fingerprint density at radius 2 is 1.94 bits per heavy atom. The molecule has 1 heterocycles. The van der Waals surface area contributed by atoms with E-state index < -0.39 is 0 Å². The third-order valence-corrected chi connectivity index (χ3v) is 6.33. The number of rotatable bonds is 12. The first-order valence-corrected chi connectivity index (χ1v) is 12.0. The first kappa shape index (κ1) is 24.9. The Morgan fingerprint density at radius 1 is 1.19 bits per heavy atom. The van der Waals surface area contributed by atoms with Gasteiger partial charge in [0, 0.05) is 37.6 Å². The first-order chi connectivity index (χ1) is 15.0. The van der Waals surface area contributed by atoms with Crippen molar-refractivity contribution in [2.75, 3.05) is 43.9 Å². The highest BCUT2D eigenvalue weighted by molar-refractivity contribution is 5.59. The minimum atomic E-state index is 0.759. The molecule has 0 radical (unpaired) electrons. The molecule has 1 aromatic rings. The molecule has 1 aliphatic heterocycles. The van der Waals surface area contributed by atoms with E-state index in [2.05, 4.69) is 48.4 Å². The van der Waals surface area contributed by atoms with Crippen LogP contribution < -0.4 is 10.6 Å². The number of allylic oxidation sites excluding steroid dienone is 3. The van der Waals surface area contributed by atoms with E-state index in [1.54, 1.807) is 7.11 Å². The summed E-state index contributed by atoms with van der Waals surface area (Å²) in [6.45, 7) is 14.4. The van der Waals surface area contributed by atoms with Crippen LogP contribution in [0.4, 0.5) is 11.4 Å². The summed E-state index contributed by atoms with van der Waals surface area (Å²) in [5.74, 6) is 1.66. The molecule has 31 heavy (non-hydrogen) atoms. The molecular weight excluding hydrogens is 382 g/mol. The lowest BCUT2D eigenvalue weighted by Crippen LogP contribution is -2.46. The molecule has 4 nitrogen and oxygen atoms in total. The van der Waals surface area contributed by atoms with E-state index in [0.717, 1.165) is 55.7 Å². The molecule has 2 rings (SSSR count). The van der Waals surface area contributed by atoms with E-state index in [1.807, 2.05) is 25.2 Å². The second-order valence-corrected chi connectivity index (χ2v) is 8.64. The van der Waals surface area contributed by atoms with Gasteiger partial charge in [-0.1, -0.05) is 52.2 Å². The summed E-state index contributed by atoms with van der Waals surface area (Å²) in [5.41, 5.74) is 10.9. The van der Waals surface area contributed by atoms with Crippen LogP contribution in [0.5, 0.6) is 0 Å². The van der Waals surface area contributed by atoms with Gasteiger partial charge in [-0.15, -0.1) is 0 Å². The summed E-state index contributed by atoms with van der Waals surface area (Å²) in [6, 6.07) is 6.58. The van der Waals surface area contributed by atoms with Crippen LogP contribution in [0.3, 0.4) is 0 Å². The third-order valence-electron chi connectivity index (χ3n) is 6.33. The van der Waals surface area contributed by atoms with Gasteiger partial charge in [0.15, 0.2) is 0 Å². The van der Waals surface area contributed by atoms with Crippen LogP contribution >= 0.6 is 0 Å². The molecule has 4 heteroatoms. The minimum Gasteiger partial charge on any atom is -0.495 e. The number of hydrogen-bond acceptors (Lipinski definition) is 4. The highest BCUT2D eigenvalue weighted by Crippen LogP contribution is 2.27. The van der Waals surface area contributed by atoms with Crippen molar-refractivity contribution in [2.24, 2.45) is 5.92 Å². The number of nitrogen functional groups attached to an aromatic ring is 1. The summed E-state index contributed by atoms with van der Waals surface area (Å²) < 4.78 is 5.56. The van der Waals surface area contributed by atoms with Crippen LogP contribution in [0.1, 0.15) is 58.4 Å². The van der Waals surface area contributed by atoms with Crippen LogP contribution in [-0.4, -0.2) is 38.2 Å². The van der Waals surface area contributed by atoms with Gasteiger partial charge in [0.2, 0.25) is 0 Å². The zero-order valence-electron chi connectivity index (χ0n) is 20.2. The normalized spacial score (nSPS) is 16.4. The molecule has 0 aromatic heterocycles. The van der Waals surface area contributed by atoms with Gasteiger partial charge < -0.3 is 20.3 Å². The highest BCUT2D eigenvalue weighted by Gasteiger charge is 2.21. The van der Waals surface area contributed by atoms with Gasteiger partial charge in [0.25, 0.3) is 0 Å². The number of ether oxygens (including phenoxy) is 1. The Hall–Kier alpha value is -2.36. The van der Waals surface area contributed by atoms with Crippen LogP contribution in [0.2, 0.25) is 0 Å². The van der Waals surface area contributed by atoms with Crippen molar-refractivity contribution in [1.82, 2.24) is 4.90 Å². The largest absolute Gasteiger partial charge is 0.495 e. The molecule has 0 saturated carbocycles. The van der Waals surface area contributed by atoms with E-state index in [0.29, 0.717) is 0 Å². The number of hydrogen-bond donors (Lipinski definition) is 1. The molecule has 1 atom stereocenters. The number of piperazine rings is 1. The molecule has 1 aromatic carbocycles. The maximum atomic E-state index is 6.32. The van der Waals surface area contributed by atoms with Crippen molar-refractivity contribution < 1.29 is 4.74 Å². The zero-order valence-corrected chi connectivity index (χ0v) is 20.2. The second-order valence-electron chi connectivity index (χ2n) is 8.64. The van der Waals surface area contributed by atoms with Crippen molar-refractivity contribution in [3.8, 4) is 0 Å². The quantitative estimate of drug-likeness (QED) is 0.188. The number of benzene rings is 1. The van der Waals surface area contributed by atoms with Gasteiger partial charge in [0.1, 0.15) is 5.76 Å². The average Bonchev–Trinajstić information content (AvgIpc) is 2.79. The van der Waals surface area contributed by atoms with E-state index in [1.165, 1.54) is 43.4 Å². The minimum absolute atomic E-state index is 0.759. The molecule has 0 bridgehead atoms. The Morgan fingerprint density at radius 3 is 2.55 bits per heavy atom. The topological polar surface area (TPSA) is 41.7 Å². The van der Waals surface area contributed by atoms with Gasteiger partial charge in [0.05, 0.1) is 12.8 Å². The second kappa shape index (κ2) is 13.1. The van der Waals surface area contributed by atoms with Crippen LogP contribution in [0.15, 0.2) is 54.5 Å². The number of aryl methyl sites for hydroxylation is 1. The van der Waals surface area contributed by atoms with Crippen LogP contribution in [-0.2, 0) is 11.2 Å². The van der Waals surface area contributed by atoms with Gasteiger partial charge in [-0.25, -0.2) is 0 Å². The van der Waals surface area contributed by atoms with Gasteiger partial charge in [-0.05, 0) is 61.6 Å². The van der Waals surface area contributed by atoms with E-state index in [4.69, 9.17) is 10.5 Å². The molecule has 1 aliphatic rings. The molecule has 1 fully saturated rings. The molecule has 2 N–H and O–H groups in total. The first-order valence-electron chi connectivity index (χ1n) is 12.0. The van der Waals surface area contributed by atoms with Gasteiger partial charge >= 0.3 is 0 Å². The lowest BCUT2D eigenvalue weighted by molar-refractivity contribution is 0.247. The van der Waals surface area contributed by atoms with Gasteiger partial charge in [-0.2, -0.15) is 0 Å². The fourth-order valence-electron chi connectivity index (χ4n) is 4.33. The van der Waals surface area contributed by atoms with Crippen LogP contribution in [0, 0.1) is 5.92 Å². The van der Waals surface area contributed by atoms with Crippen LogP contribution in [0.25, 0.3) is 0 Å². The van der Waals surface area contributed by atoms with E-state index in [9.17, 15) is 0 Å². The molecule has 0 spiro atoms. The van der Waals surface area contributed by atoms with Crippen molar-refractivity contribution in [2.45, 2.75) is 59.3 Å². The number of anilines is 2. The summed E-state index contributed by atoms with van der Waals surface area (Å²) >= 11 is 0. The number of methoxy groups -OCH3 is 1. The summed E-state index contributed by atoms with van der Waals surface area (Å²) in [4.78, 5) is 4.85. The SMILES string of the molecule is C=C/C=C(\C(=C/C)OC)N1CCN(c2ccc(N)c(CCC(C)CCCCC)c2)CC1. The van der Waals surface area contributed by atoms with Crippen molar-refractivity contribution >= 4 is 11.4 Å². The summed E-state index contributed by atoms with van der Waals surface area (Å²) in [7, 11) is 1.73. The molecule has 172 valence electrons. The predicted molar refractivity (Wildman–Crippen MR) is 135 cm³/mol. The molecule has 1 saturated heterocycles. The van der Waals surface area contributed by atoms with E-state index in [-0.39, 0.29) is 0 Å². The highest BCUT2D eigenvalue weighted by atomic mass is 16.5. The summed E-state index contributed by atoms with van der Waals surface area (Å²) in [6.07, 6.45) is 13.5. The Kier molecular flexibility index (Phi) is 10.6. The molecule has 0 aliphatic carbocycles. The molecular formula is C27H43N3O. The molecule has 1 unspecified atom stereocenters. The zero-order chi connectivity index (χ0) is 22.6. The standard InChI is InChI=1S/C27H43N3O/c1-6-9-10-12-22(4)13-14-23-21-24(15-16-25(23)28)29-17-19-30(20-18-29)26(11-7-2)27(8-3)31-5/h7-8,11,15-16,21-22H,2,6,9-10,12-14,17-20,28H2,1,3-5H3/b26-11+,27-8+. The van der Waals surface area contributed by atoms with E-state index >= 15 is 0 Å². The van der Waals surface area contributed by atoms with Crippen molar-refractivity contribution in [3.63, 3.8) is 0 Å². The number of nitrogens with zero attached hydrogens (tertiary/aromatic N) is 2. The smallest absolute Gasteiger partial charge is 0.137 e. The number of unbranched alkanes of at least 4 members (excludes halogenated alkanes) is 2. The number of nitrogens with two attached hydrogens (primary N) is 1. The Balaban J connectivity index is 1.98. The average molecular weight is 426 g/mol. The Labute approximate surface area is 190 Å². The van der Waals surface area contributed by atoms with Gasteiger partial charge in [-0.3, -0.25) is 0 Å².